The lowest BCUT2D eigenvalue weighted by Crippen LogP contribution is -2.25. The molecule has 1 atom stereocenters. The van der Waals surface area contributed by atoms with E-state index in [0.717, 1.165) is 13.0 Å². The molecule has 0 radical (unpaired) electrons. The van der Waals surface area contributed by atoms with Crippen LogP contribution < -0.4 is 5.32 Å². The number of nitrogens with one attached hydrogen (secondary N) is 1. The Hall–Kier alpha value is 0.270. The lowest BCUT2D eigenvalue weighted by atomic mass is 10.3. The predicted octanol–water partition coefficient (Wildman–Crippen LogP) is 0.974. The van der Waals surface area contributed by atoms with Gasteiger partial charge in [0.05, 0.1) is 6.10 Å². The van der Waals surface area contributed by atoms with Gasteiger partial charge in [0.15, 0.2) is 0 Å². The minimum atomic E-state index is 0.387. The Morgan fingerprint density at radius 2 is 2.30 bits per heavy atom. The standard InChI is InChI=1S/C7H17NOS/c1-8-6-7(9-2)4-5-10-3/h7-8H,4-6H2,1-3H3. The van der Waals surface area contributed by atoms with E-state index in [4.69, 9.17) is 4.74 Å². The van der Waals surface area contributed by atoms with Gasteiger partial charge in [-0.2, -0.15) is 11.8 Å². The number of ether oxygens (including phenoxy) is 1. The molecule has 3 heteroatoms. The van der Waals surface area contributed by atoms with Crippen molar-refractivity contribution in [3.05, 3.63) is 0 Å². The van der Waals surface area contributed by atoms with E-state index in [1.165, 1.54) is 5.75 Å². The van der Waals surface area contributed by atoms with E-state index in [9.17, 15) is 0 Å². The molecule has 0 fully saturated rings. The highest BCUT2D eigenvalue weighted by molar-refractivity contribution is 7.98. The van der Waals surface area contributed by atoms with Crippen molar-refractivity contribution in [3.63, 3.8) is 0 Å². The normalized spacial score (nSPS) is 13.5. The quantitative estimate of drug-likeness (QED) is 0.630. The van der Waals surface area contributed by atoms with Crippen LogP contribution in [0.4, 0.5) is 0 Å². The van der Waals surface area contributed by atoms with Gasteiger partial charge in [-0.15, -0.1) is 0 Å². The number of methoxy groups -OCH3 is 1. The highest BCUT2D eigenvalue weighted by atomic mass is 32.2. The van der Waals surface area contributed by atoms with E-state index in [-0.39, 0.29) is 0 Å². The van der Waals surface area contributed by atoms with Gasteiger partial charge in [0.1, 0.15) is 0 Å². The van der Waals surface area contributed by atoms with Crippen molar-refractivity contribution >= 4 is 11.8 Å². The van der Waals surface area contributed by atoms with Crippen molar-refractivity contribution < 1.29 is 4.74 Å². The summed E-state index contributed by atoms with van der Waals surface area (Å²) in [5, 5.41) is 3.09. The second-order valence-corrected chi connectivity index (χ2v) is 3.18. The first kappa shape index (κ1) is 10.3. The fourth-order valence-electron chi connectivity index (χ4n) is 0.780. The molecule has 2 nitrogen and oxygen atoms in total. The van der Waals surface area contributed by atoms with Crippen LogP contribution in [0.3, 0.4) is 0 Å². The van der Waals surface area contributed by atoms with Crippen LogP contribution >= 0.6 is 11.8 Å². The Balaban J connectivity index is 3.21. The summed E-state index contributed by atoms with van der Waals surface area (Å²) in [6.07, 6.45) is 3.64. The second-order valence-electron chi connectivity index (χ2n) is 2.20. The van der Waals surface area contributed by atoms with E-state index in [1.807, 2.05) is 18.8 Å². The Labute approximate surface area is 67.7 Å². The summed E-state index contributed by atoms with van der Waals surface area (Å²) in [4.78, 5) is 0. The molecule has 0 spiro atoms. The summed E-state index contributed by atoms with van der Waals surface area (Å²) in [5.74, 6) is 1.18. The monoisotopic (exact) mass is 163 g/mol. The predicted molar refractivity (Wildman–Crippen MR) is 47.7 cm³/mol. The molecule has 0 amide bonds. The van der Waals surface area contributed by atoms with Crippen molar-refractivity contribution in [2.45, 2.75) is 12.5 Å². The van der Waals surface area contributed by atoms with Crippen LogP contribution in [0.5, 0.6) is 0 Å². The van der Waals surface area contributed by atoms with E-state index in [1.54, 1.807) is 7.11 Å². The maximum atomic E-state index is 5.22. The van der Waals surface area contributed by atoms with Crippen molar-refractivity contribution in [2.75, 3.05) is 32.7 Å². The minimum Gasteiger partial charge on any atom is -0.380 e. The third kappa shape index (κ3) is 5.09. The van der Waals surface area contributed by atoms with Gasteiger partial charge in [-0.1, -0.05) is 0 Å². The molecule has 0 aromatic heterocycles. The van der Waals surface area contributed by atoms with Crippen molar-refractivity contribution in [1.29, 1.82) is 0 Å². The Bertz CT molecular complexity index is 70.6. The maximum absolute atomic E-state index is 5.22. The molecule has 10 heavy (non-hydrogen) atoms. The van der Waals surface area contributed by atoms with Crippen LogP contribution in [-0.4, -0.2) is 38.8 Å². The molecule has 0 saturated heterocycles. The topological polar surface area (TPSA) is 21.3 Å². The van der Waals surface area contributed by atoms with Gasteiger partial charge in [-0.3, -0.25) is 0 Å². The van der Waals surface area contributed by atoms with Crippen LogP contribution in [0.25, 0.3) is 0 Å². The van der Waals surface area contributed by atoms with Gasteiger partial charge < -0.3 is 10.1 Å². The Morgan fingerprint density at radius 3 is 2.70 bits per heavy atom. The first-order chi connectivity index (χ1) is 4.85. The van der Waals surface area contributed by atoms with Gasteiger partial charge in [0, 0.05) is 13.7 Å². The molecule has 0 rings (SSSR count). The van der Waals surface area contributed by atoms with Gasteiger partial charge in [-0.05, 0) is 25.5 Å². The third-order valence-corrected chi connectivity index (χ3v) is 2.05. The summed E-state index contributed by atoms with van der Waals surface area (Å²) < 4.78 is 5.22. The van der Waals surface area contributed by atoms with E-state index < -0.39 is 0 Å². The van der Waals surface area contributed by atoms with Crippen LogP contribution in [0.2, 0.25) is 0 Å². The highest BCUT2D eigenvalue weighted by Gasteiger charge is 2.03. The number of likely N-dealkylation sites (N-methyl/N-ethyl adjacent to an activating group) is 1. The van der Waals surface area contributed by atoms with Gasteiger partial charge in [-0.25, -0.2) is 0 Å². The minimum absolute atomic E-state index is 0.387. The van der Waals surface area contributed by atoms with Crippen molar-refractivity contribution in [1.82, 2.24) is 5.32 Å². The first-order valence-electron chi connectivity index (χ1n) is 3.51. The zero-order valence-electron chi connectivity index (χ0n) is 7.02. The summed E-state index contributed by atoms with van der Waals surface area (Å²) in [7, 11) is 3.72. The van der Waals surface area contributed by atoms with E-state index in [0.29, 0.717) is 6.10 Å². The number of hydrogen-bond acceptors (Lipinski definition) is 3. The summed E-state index contributed by atoms with van der Waals surface area (Å²) in [5.41, 5.74) is 0. The average molecular weight is 163 g/mol. The molecule has 0 aliphatic carbocycles. The number of hydrogen-bond donors (Lipinski definition) is 1. The summed E-state index contributed by atoms with van der Waals surface area (Å²) >= 11 is 1.86. The molecule has 0 aromatic rings. The Kier molecular flexibility index (Phi) is 7.58. The first-order valence-corrected chi connectivity index (χ1v) is 4.90. The largest absolute Gasteiger partial charge is 0.380 e. The van der Waals surface area contributed by atoms with Crippen LogP contribution in [-0.2, 0) is 4.74 Å². The van der Waals surface area contributed by atoms with Crippen molar-refractivity contribution in [3.8, 4) is 0 Å². The van der Waals surface area contributed by atoms with Gasteiger partial charge in [0.25, 0.3) is 0 Å². The van der Waals surface area contributed by atoms with Crippen molar-refractivity contribution in [2.24, 2.45) is 0 Å². The molecule has 62 valence electrons. The van der Waals surface area contributed by atoms with Gasteiger partial charge >= 0.3 is 0 Å². The molecule has 0 bridgehead atoms. The SMILES string of the molecule is CNCC(CCSC)OC. The molecule has 0 heterocycles. The van der Waals surface area contributed by atoms with Crippen LogP contribution in [0.1, 0.15) is 6.42 Å². The highest BCUT2D eigenvalue weighted by Crippen LogP contribution is 2.01. The smallest absolute Gasteiger partial charge is 0.0703 e. The lowest BCUT2D eigenvalue weighted by molar-refractivity contribution is 0.101. The third-order valence-electron chi connectivity index (χ3n) is 1.41. The molecule has 0 aromatic carbocycles. The summed E-state index contributed by atoms with van der Waals surface area (Å²) in [6, 6.07) is 0. The second kappa shape index (κ2) is 7.38. The molecule has 1 unspecified atom stereocenters. The number of thioether (sulfide) groups is 1. The Morgan fingerprint density at radius 1 is 1.60 bits per heavy atom. The van der Waals surface area contributed by atoms with Crippen LogP contribution in [0, 0.1) is 0 Å². The summed E-state index contributed by atoms with van der Waals surface area (Å²) in [6.45, 7) is 0.955. The molecule has 1 N–H and O–H groups in total. The zero-order valence-corrected chi connectivity index (χ0v) is 7.83. The lowest BCUT2D eigenvalue weighted by Gasteiger charge is -2.13. The maximum Gasteiger partial charge on any atom is 0.0703 e. The fraction of sp³-hybridized carbons (Fsp3) is 1.00. The molecule has 0 saturated carbocycles. The molecule has 0 aliphatic heterocycles. The molecule has 0 aliphatic rings. The van der Waals surface area contributed by atoms with E-state index >= 15 is 0 Å². The fourth-order valence-corrected chi connectivity index (χ4v) is 1.28. The van der Waals surface area contributed by atoms with Gasteiger partial charge in [0.2, 0.25) is 0 Å². The zero-order chi connectivity index (χ0) is 7.82. The molecular formula is C7H17NOS. The van der Waals surface area contributed by atoms with E-state index in [2.05, 4.69) is 11.6 Å². The average Bonchev–Trinajstić information content (AvgIpc) is 1.98. The molecular weight excluding hydrogens is 146 g/mol. The number of rotatable bonds is 6. The van der Waals surface area contributed by atoms with Crippen LogP contribution in [0.15, 0.2) is 0 Å².